The summed E-state index contributed by atoms with van der Waals surface area (Å²) in [6, 6.07) is 3.62. The van der Waals surface area contributed by atoms with Crippen LogP contribution in [0.3, 0.4) is 0 Å². The average molecular weight is 444 g/mol. The molecule has 1 aliphatic rings. The molecule has 2 N–H and O–H groups in total. The first-order valence-corrected chi connectivity index (χ1v) is 10.9. The Kier molecular flexibility index (Phi) is 8.33. The SMILES string of the molecule is COC(CNC(=O)C(=O)NC[C@H]1OCCN1S(=O)(=O)c1c(C)cc(C)cc1C)OC. The molecular weight excluding hydrogens is 414 g/mol. The van der Waals surface area contributed by atoms with Crippen LogP contribution in [0.1, 0.15) is 16.7 Å². The lowest BCUT2D eigenvalue weighted by atomic mass is 10.1. The third kappa shape index (κ3) is 5.55. The van der Waals surface area contributed by atoms with Crippen molar-refractivity contribution < 1.29 is 32.2 Å². The van der Waals surface area contributed by atoms with Crippen LogP contribution in [0, 0.1) is 20.8 Å². The van der Waals surface area contributed by atoms with Crippen LogP contribution in [0.25, 0.3) is 0 Å². The van der Waals surface area contributed by atoms with Crippen LogP contribution >= 0.6 is 0 Å². The minimum atomic E-state index is -3.84. The Balaban J connectivity index is 2.04. The molecule has 0 spiro atoms. The third-order valence-corrected chi connectivity index (χ3v) is 6.91. The van der Waals surface area contributed by atoms with Gasteiger partial charge in [-0.1, -0.05) is 17.7 Å². The number of amides is 2. The van der Waals surface area contributed by atoms with Crippen LogP contribution in [-0.2, 0) is 33.8 Å². The quantitative estimate of drug-likeness (QED) is 0.422. The third-order valence-electron chi connectivity index (χ3n) is 4.71. The van der Waals surface area contributed by atoms with Gasteiger partial charge in [0.2, 0.25) is 10.0 Å². The van der Waals surface area contributed by atoms with E-state index in [0.29, 0.717) is 11.1 Å². The van der Waals surface area contributed by atoms with Gasteiger partial charge in [-0.05, 0) is 31.9 Å². The molecule has 1 aromatic carbocycles. The number of sulfonamides is 1. The van der Waals surface area contributed by atoms with Gasteiger partial charge in [0.05, 0.1) is 24.6 Å². The van der Waals surface area contributed by atoms with Crippen molar-refractivity contribution in [2.45, 2.75) is 38.2 Å². The number of aryl methyl sites for hydroxylation is 3. The fourth-order valence-electron chi connectivity index (χ4n) is 3.41. The highest BCUT2D eigenvalue weighted by Gasteiger charge is 2.38. The van der Waals surface area contributed by atoms with Gasteiger partial charge in [0.1, 0.15) is 6.23 Å². The number of rotatable bonds is 8. The van der Waals surface area contributed by atoms with Gasteiger partial charge in [-0.15, -0.1) is 0 Å². The number of hydrogen-bond donors (Lipinski definition) is 2. The van der Waals surface area contributed by atoms with Gasteiger partial charge in [0.15, 0.2) is 6.29 Å². The van der Waals surface area contributed by atoms with E-state index in [1.54, 1.807) is 13.8 Å². The fourth-order valence-corrected chi connectivity index (χ4v) is 5.34. The number of benzene rings is 1. The predicted molar refractivity (Wildman–Crippen MR) is 108 cm³/mol. The first-order chi connectivity index (χ1) is 14.1. The normalized spacial score (nSPS) is 17.3. The maximum atomic E-state index is 13.2. The van der Waals surface area contributed by atoms with Gasteiger partial charge in [0.25, 0.3) is 0 Å². The van der Waals surface area contributed by atoms with Crippen LogP contribution in [0.4, 0.5) is 0 Å². The Morgan fingerprint density at radius 1 is 1.13 bits per heavy atom. The summed E-state index contributed by atoms with van der Waals surface area (Å²) >= 11 is 0. The maximum Gasteiger partial charge on any atom is 0.309 e. The lowest BCUT2D eigenvalue weighted by Gasteiger charge is -2.24. The fraction of sp³-hybridized carbons (Fsp3) is 0.579. The number of hydrogen-bond acceptors (Lipinski definition) is 7. The molecule has 1 aromatic rings. The van der Waals surface area contributed by atoms with Crippen molar-refractivity contribution in [2.75, 3.05) is 40.5 Å². The average Bonchev–Trinajstić information content (AvgIpc) is 3.15. The molecule has 2 amide bonds. The molecule has 0 radical (unpaired) electrons. The van der Waals surface area contributed by atoms with E-state index >= 15 is 0 Å². The predicted octanol–water partition coefficient (Wildman–Crippen LogP) is -0.190. The van der Waals surface area contributed by atoms with Crippen LogP contribution in [0.15, 0.2) is 17.0 Å². The van der Waals surface area contributed by atoms with E-state index in [1.807, 2.05) is 19.1 Å². The molecule has 2 rings (SSSR count). The first kappa shape index (κ1) is 24.2. The van der Waals surface area contributed by atoms with Crippen LogP contribution in [0.2, 0.25) is 0 Å². The molecule has 11 heteroatoms. The minimum Gasteiger partial charge on any atom is -0.359 e. The Labute approximate surface area is 176 Å². The molecule has 1 fully saturated rings. The largest absolute Gasteiger partial charge is 0.359 e. The zero-order valence-corrected chi connectivity index (χ0v) is 18.7. The standard InChI is InChI=1S/C19H29N3O7S/c1-12-8-13(2)17(14(3)9-12)30(25,26)22-6-7-29-15(22)10-20-18(23)19(24)21-11-16(27-4)28-5/h8-9,15-16H,6-7,10-11H2,1-5H3,(H,20,23)(H,21,24)/t15-/m1/s1. The van der Waals surface area contributed by atoms with Gasteiger partial charge in [0, 0.05) is 20.8 Å². The van der Waals surface area contributed by atoms with Crippen LogP contribution in [-0.4, -0.2) is 77.5 Å². The second-order valence-corrected chi connectivity index (χ2v) is 8.82. The number of carbonyl (C=O) groups is 2. The Morgan fingerprint density at radius 3 is 2.27 bits per heavy atom. The summed E-state index contributed by atoms with van der Waals surface area (Å²) in [4.78, 5) is 24.2. The topological polar surface area (TPSA) is 123 Å². The molecule has 1 heterocycles. The van der Waals surface area contributed by atoms with Crippen molar-refractivity contribution in [1.82, 2.24) is 14.9 Å². The number of carbonyl (C=O) groups excluding carboxylic acids is 2. The number of ether oxygens (including phenoxy) is 3. The Hall–Kier alpha value is -2.05. The lowest BCUT2D eigenvalue weighted by molar-refractivity contribution is -0.142. The highest BCUT2D eigenvalue weighted by atomic mass is 32.2. The number of nitrogens with zero attached hydrogens (tertiary/aromatic N) is 1. The van der Waals surface area contributed by atoms with Crippen molar-refractivity contribution in [3.8, 4) is 0 Å². The van der Waals surface area contributed by atoms with Crippen molar-refractivity contribution in [1.29, 1.82) is 0 Å². The Bertz CT molecular complexity index is 861. The van der Waals surface area contributed by atoms with Crippen molar-refractivity contribution in [3.63, 3.8) is 0 Å². The van der Waals surface area contributed by atoms with Gasteiger partial charge in [-0.3, -0.25) is 9.59 Å². The van der Waals surface area contributed by atoms with Crippen LogP contribution < -0.4 is 10.6 Å². The zero-order chi connectivity index (χ0) is 22.5. The summed E-state index contributed by atoms with van der Waals surface area (Å²) in [6.07, 6.45) is -1.58. The molecule has 0 saturated carbocycles. The molecule has 168 valence electrons. The highest BCUT2D eigenvalue weighted by Crippen LogP contribution is 2.28. The molecule has 1 aliphatic heterocycles. The van der Waals surface area contributed by atoms with Crippen molar-refractivity contribution in [2.24, 2.45) is 0 Å². The summed E-state index contributed by atoms with van der Waals surface area (Å²) in [5.74, 6) is -1.79. The highest BCUT2D eigenvalue weighted by molar-refractivity contribution is 7.89. The first-order valence-electron chi connectivity index (χ1n) is 9.44. The minimum absolute atomic E-state index is 0.00827. The molecule has 0 aliphatic carbocycles. The van der Waals surface area contributed by atoms with E-state index in [0.717, 1.165) is 5.56 Å². The van der Waals surface area contributed by atoms with Gasteiger partial charge < -0.3 is 24.8 Å². The van der Waals surface area contributed by atoms with Gasteiger partial charge in [-0.25, -0.2) is 8.42 Å². The van der Waals surface area contributed by atoms with Gasteiger partial charge in [-0.2, -0.15) is 4.31 Å². The second-order valence-electron chi connectivity index (χ2n) is 6.99. The van der Waals surface area contributed by atoms with Crippen LogP contribution in [0.5, 0.6) is 0 Å². The van der Waals surface area contributed by atoms with E-state index in [-0.39, 0.29) is 31.1 Å². The second kappa shape index (κ2) is 10.3. The van der Waals surface area contributed by atoms with E-state index < -0.39 is 34.4 Å². The van der Waals surface area contributed by atoms with E-state index in [9.17, 15) is 18.0 Å². The monoisotopic (exact) mass is 443 g/mol. The Morgan fingerprint density at radius 2 is 1.70 bits per heavy atom. The van der Waals surface area contributed by atoms with E-state index in [2.05, 4.69) is 10.6 Å². The maximum absolute atomic E-state index is 13.2. The number of methoxy groups -OCH3 is 2. The van der Waals surface area contributed by atoms with E-state index in [4.69, 9.17) is 14.2 Å². The number of nitrogens with one attached hydrogen (secondary N) is 2. The molecule has 0 bridgehead atoms. The zero-order valence-electron chi connectivity index (χ0n) is 17.9. The summed E-state index contributed by atoms with van der Waals surface area (Å²) < 4.78 is 43.1. The smallest absolute Gasteiger partial charge is 0.309 e. The molecular formula is C19H29N3O7S. The summed E-state index contributed by atoms with van der Waals surface area (Å²) in [7, 11) is -1.02. The molecule has 1 saturated heterocycles. The summed E-state index contributed by atoms with van der Waals surface area (Å²) in [6.45, 7) is 5.58. The molecule has 10 nitrogen and oxygen atoms in total. The molecule has 0 aromatic heterocycles. The summed E-state index contributed by atoms with van der Waals surface area (Å²) in [5.41, 5.74) is 2.26. The lowest BCUT2D eigenvalue weighted by Crippen LogP contribution is -2.48. The van der Waals surface area contributed by atoms with E-state index in [1.165, 1.54) is 18.5 Å². The molecule has 30 heavy (non-hydrogen) atoms. The molecule has 0 unspecified atom stereocenters. The summed E-state index contributed by atoms with van der Waals surface area (Å²) in [5, 5.41) is 4.79. The molecule has 1 atom stereocenters. The van der Waals surface area contributed by atoms with Crippen molar-refractivity contribution >= 4 is 21.8 Å². The van der Waals surface area contributed by atoms with Crippen molar-refractivity contribution in [3.05, 3.63) is 28.8 Å². The van der Waals surface area contributed by atoms with Gasteiger partial charge >= 0.3 is 11.8 Å².